The zero-order valence-corrected chi connectivity index (χ0v) is 7.95. The summed E-state index contributed by atoms with van der Waals surface area (Å²) in [5, 5.41) is 11.7. The summed E-state index contributed by atoms with van der Waals surface area (Å²) in [4.78, 5) is 0. The molecule has 0 aliphatic rings. The van der Waals surface area contributed by atoms with E-state index in [1.807, 2.05) is 26.0 Å². The van der Waals surface area contributed by atoms with Crippen LogP contribution in [0.3, 0.4) is 0 Å². The number of hydrogen-bond donors (Lipinski definition) is 1. The first-order valence-electron chi connectivity index (χ1n) is 4.40. The monoisotopic (exact) mass is 178 g/mol. The van der Waals surface area contributed by atoms with E-state index in [1.54, 1.807) is 6.26 Å². The van der Waals surface area contributed by atoms with Crippen LogP contribution in [0.2, 0.25) is 0 Å². The van der Waals surface area contributed by atoms with Gasteiger partial charge in [-0.3, -0.25) is 0 Å². The van der Waals surface area contributed by atoms with Crippen molar-refractivity contribution in [2.45, 2.75) is 32.4 Å². The van der Waals surface area contributed by atoms with Crippen molar-refractivity contribution in [2.75, 3.05) is 0 Å². The van der Waals surface area contributed by atoms with Gasteiger partial charge < -0.3 is 9.73 Å². The van der Waals surface area contributed by atoms with E-state index in [2.05, 4.69) is 11.4 Å². The molecule has 1 N–H and O–H groups in total. The predicted octanol–water partition coefficient (Wildman–Crippen LogP) is 2.23. The number of furan rings is 1. The molecule has 2 unspecified atom stereocenters. The summed E-state index contributed by atoms with van der Waals surface area (Å²) in [6.45, 7) is 4.01. The van der Waals surface area contributed by atoms with E-state index in [0.717, 1.165) is 5.76 Å². The van der Waals surface area contributed by atoms with Crippen LogP contribution in [0.1, 0.15) is 32.1 Å². The number of hydrogen-bond acceptors (Lipinski definition) is 3. The average molecular weight is 178 g/mol. The van der Waals surface area contributed by atoms with Crippen molar-refractivity contribution in [1.82, 2.24) is 5.32 Å². The topological polar surface area (TPSA) is 49.0 Å². The Morgan fingerprint density at radius 3 is 2.92 bits per heavy atom. The Morgan fingerprint density at radius 1 is 1.62 bits per heavy atom. The highest BCUT2D eigenvalue weighted by Crippen LogP contribution is 2.13. The maximum absolute atomic E-state index is 8.47. The van der Waals surface area contributed by atoms with Gasteiger partial charge in [0.2, 0.25) is 0 Å². The van der Waals surface area contributed by atoms with Gasteiger partial charge in [0, 0.05) is 6.04 Å². The summed E-state index contributed by atoms with van der Waals surface area (Å²) in [6.07, 6.45) is 2.17. The lowest BCUT2D eigenvalue weighted by Gasteiger charge is -2.15. The van der Waals surface area contributed by atoms with Crippen molar-refractivity contribution < 1.29 is 4.42 Å². The van der Waals surface area contributed by atoms with Gasteiger partial charge in [0.15, 0.2) is 0 Å². The first-order chi connectivity index (χ1) is 6.24. The Kier molecular flexibility index (Phi) is 3.53. The maximum Gasteiger partial charge on any atom is 0.120 e. The minimum absolute atomic E-state index is 0.165. The number of nitriles is 1. The predicted molar refractivity (Wildman–Crippen MR) is 50.0 cm³/mol. The summed E-state index contributed by atoms with van der Waals surface area (Å²) in [5.41, 5.74) is 0. The first kappa shape index (κ1) is 9.82. The van der Waals surface area contributed by atoms with E-state index in [4.69, 9.17) is 9.68 Å². The van der Waals surface area contributed by atoms with Crippen molar-refractivity contribution in [1.29, 1.82) is 5.26 Å². The van der Waals surface area contributed by atoms with Gasteiger partial charge in [-0.25, -0.2) is 0 Å². The quantitative estimate of drug-likeness (QED) is 0.769. The summed E-state index contributed by atoms with van der Waals surface area (Å²) in [6, 6.07) is 6.28. The molecule has 0 bridgehead atoms. The molecule has 3 heteroatoms. The highest BCUT2D eigenvalue weighted by atomic mass is 16.3. The van der Waals surface area contributed by atoms with Crippen LogP contribution in [0.5, 0.6) is 0 Å². The van der Waals surface area contributed by atoms with E-state index < -0.39 is 0 Å². The van der Waals surface area contributed by atoms with Gasteiger partial charge in [0.1, 0.15) is 5.76 Å². The molecule has 1 rings (SSSR count). The zero-order chi connectivity index (χ0) is 9.68. The number of rotatable bonds is 4. The fourth-order valence-electron chi connectivity index (χ4n) is 1.24. The van der Waals surface area contributed by atoms with Crippen LogP contribution in [0, 0.1) is 11.3 Å². The van der Waals surface area contributed by atoms with Crippen LogP contribution in [0.4, 0.5) is 0 Å². The van der Waals surface area contributed by atoms with Crippen LogP contribution >= 0.6 is 0 Å². The molecule has 0 aliphatic carbocycles. The van der Waals surface area contributed by atoms with E-state index >= 15 is 0 Å². The number of nitrogens with one attached hydrogen (secondary N) is 1. The van der Waals surface area contributed by atoms with Crippen molar-refractivity contribution in [2.24, 2.45) is 0 Å². The van der Waals surface area contributed by atoms with Crippen molar-refractivity contribution >= 4 is 0 Å². The highest BCUT2D eigenvalue weighted by Gasteiger charge is 2.10. The van der Waals surface area contributed by atoms with Crippen LogP contribution in [0.25, 0.3) is 0 Å². The lowest BCUT2D eigenvalue weighted by molar-refractivity contribution is 0.400. The zero-order valence-electron chi connectivity index (χ0n) is 7.95. The third kappa shape index (κ3) is 2.92. The molecule has 0 aliphatic heterocycles. The first-order valence-corrected chi connectivity index (χ1v) is 4.40. The summed E-state index contributed by atoms with van der Waals surface area (Å²) >= 11 is 0. The average Bonchev–Trinajstić information content (AvgIpc) is 2.55. The Bertz CT molecular complexity index is 274. The third-order valence-corrected chi connectivity index (χ3v) is 1.90. The van der Waals surface area contributed by atoms with Gasteiger partial charge in [-0.1, -0.05) is 0 Å². The van der Waals surface area contributed by atoms with Crippen molar-refractivity contribution in [3.8, 4) is 6.07 Å². The summed E-state index contributed by atoms with van der Waals surface area (Å²) in [5.74, 6) is 0.907. The number of nitrogens with zero attached hydrogens (tertiary/aromatic N) is 1. The Hall–Kier alpha value is -1.27. The molecule has 0 radical (unpaired) electrons. The van der Waals surface area contributed by atoms with Crippen molar-refractivity contribution in [3.63, 3.8) is 0 Å². The molecule has 0 amide bonds. The third-order valence-electron chi connectivity index (χ3n) is 1.90. The van der Waals surface area contributed by atoms with Gasteiger partial charge in [0.25, 0.3) is 0 Å². The lowest BCUT2D eigenvalue weighted by Crippen LogP contribution is -2.28. The molecule has 0 aromatic carbocycles. The molecule has 70 valence electrons. The molecule has 13 heavy (non-hydrogen) atoms. The molecule has 1 heterocycles. The van der Waals surface area contributed by atoms with Crippen molar-refractivity contribution in [3.05, 3.63) is 24.2 Å². The molecule has 3 nitrogen and oxygen atoms in total. The molecule has 0 spiro atoms. The van der Waals surface area contributed by atoms with Crippen LogP contribution < -0.4 is 5.32 Å². The second kappa shape index (κ2) is 4.68. The molecule has 0 saturated carbocycles. The van der Waals surface area contributed by atoms with Crippen LogP contribution in [-0.4, -0.2) is 6.04 Å². The van der Waals surface area contributed by atoms with Crippen LogP contribution in [-0.2, 0) is 0 Å². The van der Waals surface area contributed by atoms with Crippen LogP contribution in [0.15, 0.2) is 22.8 Å². The summed E-state index contributed by atoms with van der Waals surface area (Å²) < 4.78 is 5.23. The minimum Gasteiger partial charge on any atom is -0.468 e. The fraction of sp³-hybridized carbons (Fsp3) is 0.500. The van der Waals surface area contributed by atoms with E-state index in [-0.39, 0.29) is 12.1 Å². The van der Waals surface area contributed by atoms with Gasteiger partial charge in [0.05, 0.1) is 24.8 Å². The molecular formula is C10H14N2O. The van der Waals surface area contributed by atoms with E-state index in [0.29, 0.717) is 6.42 Å². The highest BCUT2D eigenvalue weighted by molar-refractivity contribution is 5.03. The summed E-state index contributed by atoms with van der Waals surface area (Å²) in [7, 11) is 0. The lowest BCUT2D eigenvalue weighted by atomic mass is 10.2. The fourth-order valence-corrected chi connectivity index (χ4v) is 1.24. The molecule has 0 fully saturated rings. The normalized spacial score (nSPS) is 14.8. The molecule has 0 saturated heterocycles. The Balaban J connectivity index is 2.42. The minimum atomic E-state index is 0.165. The molecule has 2 atom stereocenters. The van der Waals surface area contributed by atoms with E-state index in [1.165, 1.54) is 0 Å². The largest absolute Gasteiger partial charge is 0.468 e. The Morgan fingerprint density at radius 2 is 2.38 bits per heavy atom. The van der Waals surface area contributed by atoms with Gasteiger partial charge >= 0.3 is 0 Å². The molecule has 1 aromatic rings. The SMILES string of the molecule is CC(CC#N)NC(C)c1ccco1. The second-order valence-electron chi connectivity index (χ2n) is 3.17. The Labute approximate surface area is 78.4 Å². The smallest absolute Gasteiger partial charge is 0.120 e. The molecule has 1 aromatic heterocycles. The van der Waals surface area contributed by atoms with Gasteiger partial charge in [-0.05, 0) is 26.0 Å². The van der Waals surface area contributed by atoms with Gasteiger partial charge in [-0.15, -0.1) is 0 Å². The maximum atomic E-state index is 8.47. The molecular weight excluding hydrogens is 164 g/mol. The second-order valence-corrected chi connectivity index (χ2v) is 3.17. The van der Waals surface area contributed by atoms with Gasteiger partial charge in [-0.2, -0.15) is 5.26 Å². The van der Waals surface area contributed by atoms with E-state index in [9.17, 15) is 0 Å². The standard InChI is InChI=1S/C10H14N2O/c1-8(5-6-11)12-9(2)10-4-3-7-13-10/h3-4,7-9,12H,5H2,1-2H3.